The smallest absolute Gasteiger partial charge is 0.145 e. The van der Waals surface area contributed by atoms with Crippen LogP contribution in [-0.2, 0) is 6.54 Å². The van der Waals surface area contributed by atoms with Crippen LogP contribution in [0.2, 0.25) is 5.02 Å². The zero-order valence-electron chi connectivity index (χ0n) is 12.0. The SMILES string of the molecule is CC(c1cccc(Cl)c1)N(C)CCCn1ccc(N)n1. The first-order chi connectivity index (χ1) is 9.56. The van der Waals surface area contributed by atoms with E-state index >= 15 is 0 Å². The Balaban J connectivity index is 1.83. The number of hydrogen-bond donors (Lipinski definition) is 1. The maximum atomic E-state index is 6.04. The molecule has 0 radical (unpaired) electrons. The van der Waals surface area contributed by atoms with Crippen molar-refractivity contribution in [2.24, 2.45) is 0 Å². The van der Waals surface area contributed by atoms with Gasteiger partial charge in [-0.05, 0) is 44.2 Å². The van der Waals surface area contributed by atoms with Gasteiger partial charge in [0, 0.05) is 30.4 Å². The molecular formula is C15H21ClN4. The van der Waals surface area contributed by atoms with Gasteiger partial charge >= 0.3 is 0 Å². The molecule has 1 atom stereocenters. The van der Waals surface area contributed by atoms with Crippen molar-refractivity contribution in [3.05, 3.63) is 47.1 Å². The average molecular weight is 293 g/mol. The molecule has 2 rings (SSSR count). The Hall–Kier alpha value is -1.52. The summed E-state index contributed by atoms with van der Waals surface area (Å²) in [6, 6.07) is 10.2. The zero-order chi connectivity index (χ0) is 14.5. The monoisotopic (exact) mass is 292 g/mol. The fraction of sp³-hybridized carbons (Fsp3) is 0.400. The first-order valence-corrected chi connectivity index (χ1v) is 7.18. The molecule has 4 nitrogen and oxygen atoms in total. The number of benzene rings is 1. The highest BCUT2D eigenvalue weighted by atomic mass is 35.5. The molecule has 1 aromatic carbocycles. The van der Waals surface area contributed by atoms with Crippen molar-refractivity contribution in [2.75, 3.05) is 19.3 Å². The molecule has 108 valence electrons. The number of halogens is 1. The highest BCUT2D eigenvalue weighted by Gasteiger charge is 2.11. The third-order valence-corrected chi connectivity index (χ3v) is 3.79. The van der Waals surface area contributed by atoms with Crippen molar-refractivity contribution in [1.29, 1.82) is 0 Å². The second-order valence-corrected chi connectivity index (χ2v) is 5.51. The molecule has 0 saturated heterocycles. The first kappa shape index (κ1) is 14.9. The van der Waals surface area contributed by atoms with Crippen LogP contribution in [-0.4, -0.2) is 28.3 Å². The maximum absolute atomic E-state index is 6.04. The fourth-order valence-electron chi connectivity index (χ4n) is 2.20. The van der Waals surface area contributed by atoms with Crippen LogP contribution in [0.4, 0.5) is 5.82 Å². The van der Waals surface area contributed by atoms with Gasteiger partial charge in [-0.25, -0.2) is 0 Å². The summed E-state index contributed by atoms with van der Waals surface area (Å²) < 4.78 is 1.88. The molecule has 0 fully saturated rings. The van der Waals surface area contributed by atoms with E-state index in [1.54, 1.807) is 0 Å². The molecule has 0 spiro atoms. The molecule has 2 N–H and O–H groups in total. The Morgan fingerprint density at radius 3 is 2.85 bits per heavy atom. The standard InChI is InChI=1S/C15H21ClN4/c1-12(13-5-3-6-14(16)11-13)19(2)8-4-9-20-10-7-15(17)18-20/h3,5-7,10-12H,4,8-9H2,1-2H3,(H2,17,18). The number of hydrogen-bond acceptors (Lipinski definition) is 3. The summed E-state index contributed by atoms with van der Waals surface area (Å²) in [7, 11) is 2.13. The lowest BCUT2D eigenvalue weighted by Gasteiger charge is -2.25. The van der Waals surface area contributed by atoms with Gasteiger partial charge in [0.25, 0.3) is 0 Å². The number of nitrogens with zero attached hydrogens (tertiary/aromatic N) is 3. The topological polar surface area (TPSA) is 47.1 Å². The van der Waals surface area contributed by atoms with E-state index in [1.807, 2.05) is 35.1 Å². The zero-order valence-corrected chi connectivity index (χ0v) is 12.7. The summed E-state index contributed by atoms with van der Waals surface area (Å²) in [5.41, 5.74) is 6.83. The lowest BCUT2D eigenvalue weighted by atomic mass is 10.1. The number of rotatable bonds is 6. The van der Waals surface area contributed by atoms with Gasteiger partial charge < -0.3 is 5.73 Å². The van der Waals surface area contributed by atoms with E-state index in [-0.39, 0.29) is 0 Å². The molecule has 1 heterocycles. The second kappa shape index (κ2) is 6.77. The van der Waals surface area contributed by atoms with E-state index in [9.17, 15) is 0 Å². The van der Waals surface area contributed by atoms with E-state index in [0.717, 1.165) is 24.5 Å². The largest absolute Gasteiger partial charge is 0.382 e. The molecule has 2 aromatic rings. The molecule has 0 aliphatic carbocycles. The Bertz CT molecular complexity index is 552. The molecule has 1 aromatic heterocycles. The minimum atomic E-state index is 0.344. The minimum Gasteiger partial charge on any atom is -0.382 e. The average Bonchev–Trinajstić information content (AvgIpc) is 2.83. The van der Waals surface area contributed by atoms with Crippen LogP contribution in [0.5, 0.6) is 0 Å². The number of aromatic nitrogens is 2. The number of nitrogen functional groups attached to an aromatic ring is 1. The summed E-state index contributed by atoms with van der Waals surface area (Å²) in [4.78, 5) is 2.32. The molecule has 0 aliphatic heterocycles. The summed E-state index contributed by atoms with van der Waals surface area (Å²) >= 11 is 6.04. The van der Waals surface area contributed by atoms with Gasteiger partial charge in [-0.3, -0.25) is 9.58 Å². The molecule has 20 heavy (non-hydrogen) atoms. The molecule has 0 amide bonds. The van der Waals surface area contributed by atoms with Crippen molar-refractivity contribution in [2.45, 2.75) is 25.9 Å². The predicted molar refractivity (Wildman–Crippen MR) is 83.8 cm³/mol. The highest BCUT2D eigenvalue weighted by Crippen LogP contribution is 2.21. The van der Waals surface area contributed by atoms with Crippen LogP contribution >= 0.6 is 11.6 Å². The van der Waals surface area contributed by atoms with Gasteiger partial charge in [-0.15, -0.1) is 0 Å². The van der Waals surface area contributed by atoms with Crippen molar-refractivity contribution < 1.29 is 0 Å². The lowest BCUT2D eigenvalue weighted by Crippen LogP contribution is -2.24. The first-order valence-electron chi connectivity index (χ1n) is 6.81. The van der Waals surface area contributed by atoms with Crippen molar-refractivity contribution in [3.8, 4) is 0 Å². The van der Waals surface area contributed by atoms with Crippen LogP contribution < -0.4 is 5.73 Å². The molecule has 1 unspecified atom stereocenters. The minimum absolute atomic E-state index is 0.344. The van der Waals surface area contributed by atoms with Gasteiger partial charge in [0.15, 0.2) is 0 Å². The van der Waals surface area contributed by atoms with Gasteiger partial charge in [0.2, 0.25) is 0 Å². The predicted octanol–water partition coefficient (Wildman–Crippen LogP) is 3.20. The van der Waals surface area contributed by atoms with Gasteiger partial charge in [0.05, 0.1) is 0 Å². The van der Waals surface area contributed by atoms with E-state index in [1.165, 1.54) is 5.56 Å². The number of aryl methyl sites for hydroxylation is 1. The second-order valence-electron chi connectivity index (χ2n) is 5.07. The highest BCUT2D eigenvalue weighted by molar-refractivity contribution is 6.30. The Morgan fingerprint density at radius 1 is 1.40 bits per heavy atom. The van der Waals surface area contributed by atoms with Gasteiger partial charge in [-0.2, -0.15) is 5.10 Å². The quantitative estimate of drug-likeness (QED) is 0.889. The molecule has 5 heteroatoms. The summed E-state index contributed by atoms with van der Waals surface area (Å²) in [6.07, 6.45) is 2.94. The van der Waals surface area contributed by atoms with Gasteiger partial charge in [-0.1, -0.05) is 23.7 Å². The Kier molecular flexibility index (Phi) is 5.04. The van der Waals surface area contributed by atoms with Crippen LogP contribution in [0.1, 0.15) is 24.9 Å². The van der Waals surface area contributed by atoms with E-state index in [2.05, 4.69) is 30.0 Å². The van der Waals surface area contributed by atoms with Crippen molar-refractivity contribution in [1.82, 2.24) is 14.7 Å². The molecule has 0 aliphatic rings. The summed E-state index contributed by atoms with van der Waals surface area (Å²) in [5.74, 6) is 0.575. The van der Waals surface area contributed by atoms with Crippen LogP contribution in [0.25, 0.3) is 0 Å². The van der Waals surface area contributed by atoms with Crippen molar-refractivity contribution >= 4 is 17.4 Å². The molecular weight excluding hydrogens is 272 g/mol. The van der Waals surface area contributed by atoms with E-state index in [0.29, 0.717) is 11.9 Å². The van der Waals surface area contributed by atoms with E-state index in [4.69, 9.17) is 17.3 Å². The fourth-order valence-corrected chi connectivity index (χ4v) is 2.40. The third-order valence-electron chi connectivity index (χ3n) is 3.55. The van der Waals surface area contributed by atoms with E-state index < -0.39 is 0 Å². The molecule has 0 saturated carbocycles. The number of nitrogens with two attached hydrogens (primary N) is 1. The maximum Gasteiger partial charge on any atom is 0.145 e. The van der Waals surface area contributed by atoms with Crippen LogP contribution in [0.3, 0.4) is 0 Å². The van der Waals surface area contributed by atoms with Crippen molar-refractivity contribution in [3.63, 3.8) is 0 Å². The Labute approximate surface area is 125 Å². The molecule has 0 bridgehead atoms. The van der Waals surface area contributed by atoms with Gasteiger partial charge in [0.1, 0.15) is 5.82 Å². The van der Waals surface area contributed by atoms with Crippen LogP contribution in [0, 0.1) is 0 Å². The normalized spacial score (nSPS) is 12.8. The lowest BCUT2D eigenvalue weighted by molar-refractivity contribution is 0.252. The summed E-state index contributed by atoms with van der Waals surface area (Å²) in [6.45, 7) is 4.06. The third kappa shape index (κ3) is 3.99. The van der Waals surface area contributed by atoms with Crippen LogP contribution in [0.15, 0.2) is 36.5 Å². The summed E-state index contributed by atoms with van der Waals surface area (Å²) in [5, 5.41) is 4.97. The Morgan fingerprint density at radius 2 is 2.20 bits per heavy atom. The number of anilines is 1.